The highest BCUT2D eigenvalue weighted by Crippen LogP contribution is 2.20. The predicted octanol–water partition coefficient (Wildman–Crippen LogP) is 3.24. The largest absolute Gasteiger partial charge is 0.465 e. The number of carbonyl (C=O) groups excluding carboxylic acids is 2. The molecule has 6 heteroatoms. The average molecular weight is 339 g/mol. The number of nitrogens with zero attached hydrogens (tertiary/aromatic N) is 2. The summed E-state index contributed by atoms with van der Waals surface area (Å²) in [6.45, 7) is 1.61. The third-order valence-electron chi connectivity index (χ3n) is 4.20. The lowest BCUT2D eigenvalue weighted by molar-refractivity contribution is 0.0600. The number of anilines is 2. The summed E-state index contributed by atoms with van der Waals surface area (Å²) in [6, 6.07) is 8.78. The van der Waals surface area contributed by atoms with Crippen LogP contribution >= 0.6 is 0 Å². The lowest BCUT2D eigenvalue weighted by atomic mass is 10.1. The van der Waals surface area contributed by atoms with E-state index in [4.69, 9.17) is 4.74 Å². The van der Waals surface area contributed by atoms with E-state index in [1.165, 1.54) is 13.5 Å². The monoisotopic (exact) mass is 339 g/mol. The van der Waals surface area contributed by atoms with E-state index in [-0.39, 0.29) is 5.91 Å². The Morgan fingerprint density at radius 1 is 1.04 bits per heavy atom. The van der Waals surface area contributed by atoms with E-state index >= 15 is 0 Å². The third kappa shape index (κ3) is 4.15. The average Bonchev–Trinajstić information content (AvgIpc) is 2.68. The number of benzene rings is 1. The molecule has 0 radical (unpaired) electrons. The summed E-state index contributed by atoms with van der Waals surface area (Å²) in [6.07, 6.45) is 6.53. The van der Waals surface area contributed by atoms with Crippen LogP contribution < -0.4 is 5.32 Å². The zero-order valence-corrected chi connectivity index (χ0v) is 14.2. The van der Waals surface area contributed by atoms with Crippen LogP contribution in [-0.2, 0) is 4.74 Å². The highest BCUT2D eigenvalue weighted by atomic mass is 16.5. The quantitative estimate of drug-likeness (QED) is 0.866. The fraction of sp³-hybridized carbons (Fsp3) is 0.316. The van der Waals surface area contributed by atoms with Gasteiger partial charge in [0.2, 0.25) is 0 Å². The Bertz CT molecular complexity index is 770. The SMILES string of the molecule is COC(=O)c1cccc(Nc2cncc(C(=O)N3CCCCC3)c2)c1. The molecule has 1 amide bonds. The number of amides is 1. The first-order valence-corrected chi connectivity index (χ1v) is 8.37. The lowest BCUT2D eigenvalue weighted by Gasteiger charge is -2.26. The molecular weight excluding hydrogens is 318 g/mol. The molecule has 1 aromatic heterocycles. The standard InChI is InChI=1S/C19H21N3O3/c1-25-19(24)14-6-5-7-16(10-14)21-17-11-15(12-20-13-17)18(23)22-8-3-2-4-9-22/h5-7,10-13,21H,2-4,8-9H2,1H3. The van der Waals surface area contributed by atoms with E-state index < -0.39 is 5.97 Å². The molecule has 1 N–H and O–H groups in total. The molecule has 1 aliphatic heterocycles. The molecule has 2 aromatic rings. The molecule has 1 aromatic carbocycles. The zero-order valence-electron chi connectivity index (χ0n) is 14.2. The van der Waals surface area contributed by atoms with Crippen molar-refractivity contribution < 1.29 is 14.3 Å². The second-order valence-corrected chi connectivity index (χ2v) is 6.01. The van der Waals surface area contributed by atoms with Crippen LogP contribution in [0.1, 0.15) is 40.0 Å². The van der Waals surface area contributed by atoms with Gasteiger partial charge in [-0.05, 0) is 43.5 Å². The van der Waals surface area contributed by atoms with Gasteiger partial charge in [-0.2, -0.15) is 0 Å². The smallest absolute Gasteiger partial charge is 0.337 e. The fourth-order valence-corrected chi connectivity index (χ4v) is 2.91. The van der Waals surface area contributed by atoms with Crippen LogP contribution in [0.5, 0.6) is 0 Å². The van der Waals surface area contributed by atoms with E-state index in [1.807, 2.05) is 11.0 Å². The molecule has 6 nitrogen and oxygen atoms in total. The van der Waals surface area contributed by atoms with Crippen molar-refractivity contribution in [3.05, 3.63) is 53.9 Å². The van der Waals surface area contributed by atoms with Crippen molar-refractivity contribution in [3.63, 3.8) is 0 Å². The molecule has 0 unspecified atom stereocenters. The molecule has 130 valence electrons. The Balaban J connectivity index is 1.75. The number of hydrogen-bond acceptors (Lipinski definition) is 5. The van der Waals surface area contributed by atoms with Gasteiger partial charge in [-0.3, -0.25) is 9.78 Å². The van der Waals surface area contributed by atoms with Crippen molar-refractivity contribution in [2.45, 2.75) is 19.3 Å². The van der Waals surface area contributed by atoms with Crippen molar-refractivity contribution in [1.29, 1.82) is 0 Å². The van der Waals surface area contributed by atoms with Crippen LogP contribution in [0.3, 0.4) is 0 Å². The minimum absolute atomic E-state index is 0.0131. The Labute approximate surface area is 146 Å². The number of esters is 1. The summed E-state index contributed by atoms with van der Waals surface area (Å²) in [5.74, 6) is -0.380. The Hall–Kier alpha value is -2.89. The zero-order chi connectivity index (χ0) is 17.6. The Kier molecular flexibility index (Phi) is 5.28. The third-order valence-corrected chi connectivity index (χ3v) is 4.20. The number of methoxy groups -OCH3 is 1. The maximum absolute atomic E-state index is 12.6. The van der Waals surface area contributed by atoms with Gasteiger partial charge in [0.05, 0.1) is 30.1 Å². The van der Waals surface area contributed by atoms with E-state index in [9.17, 15) is 9.59 Å². The second-order valence-electron chi connectivity index (χ2n) is 6.01. The van der Waals surface area contributed by atoms with Crippen molar-refractivity contribution in [1.82, 2.24) is 9.88 Å². The van der Waals surface area contributed by atoms with Crippen LogP contribution in [0.4, 0.5) is 11.4 Å². The van der Waals surface area contributed by atoms with Gasteiger partial charge in [-0.1, -0.05) is 6.07 Å². The summed E-state index contributed by atoms with van der Waals surface area (Å²) in [7, 11) is 1.35. The van der Waals surface area contributed by atoms with E-state index in [1.54, 1.807) is 36.7 Å². The molecule has 0 bridgehead atoms. The van der Waals surface area contributed by atoms with E-state index in [0.717, 1.165) is 31.6 Å². The Morgan fingerprint density at radius 3 is 2.56 bits per heavy atom. The van der Waals surface area contributed by atoms with Crippen LogP contribution in [-0.4, -0.2) is 42.0 Å². The van der Waals surface area contributed by atoms with Crippen molar-refractivity contribution in [2.75, 3.05) is 25.5 Å². The number of hydrogen-bond donors (Lipinski definition) is 1. The van der Waals surface area contributed by atoms with E-state index in [0.29, 0.717) is 16.8 Å². The van der Waals surface area contributed by atoms with Gasteiger partial charge in [-0.15, -0.1) is 0 Å². The number of piperidine rings is 1. The number of pyridine rings is 1. The molecule has 0 saturated carbocycles. The fourth-order valence-electron chi connectivity index (χ4n) is 2.91. The molecule has 2 heterocycles. The number of carbonyl (C=O) groups is 2. The molecule has 25 heavy (non-hydrogen) atoms. The summed E-state index contributed by atoms with van der Waals surface area (Å²) in [5, 5.41) is 3.18. The van der Waals surface area contributed by atoms with Crippen LogP contribution in [0, 0.1) is 0 Å². The summed E-state index contributed by atoms with van der Waals surface area (Å²) in [5.41, 5.74) is 2.45. The van der Waals surface area contributed by atoms with Gasteiger partial charge >= 0.3 is 5.97 Å². The molecule has 0 aliphatic carbocycles. The number of ether oxygens (including phenoxy) is 1. The minimum atomic E-state index is -0.393. The first kappa shape index (κ1) is 17.0. The maximum atomic E-state index is 12.6. The van der Waals surface area contributed by atoms with Crippen LogP contribution in [0.2, 0.25) is 0 Å². The molecular formula is C19H21N3O3. The predicted molar refractivity (Wildman–Crippen MR) is 95.1 cm³/mol. The van der Waals surface area contributed by atoms with Crippen LogP contribution in [0.15, 0.2) is 42.7 Å². The molecule has 1 saturated heterocycles. The van der Waals surface area contributed by atoms with Crippen molar-refractivity contribution in [3.8, 4) is 0 Å². The molecule has 3 rings (SSSR count). The molecule has 0 spiro atoms. The highest BCUT2D eigenvalue weighted by Gasteiger charge is 2.18. The summed E-state index contributed by atoms with van der Waals surface area (Å²) >= 11 is 0. The molecule has 1 fully saturated rings. The van der Waals surface area contributed by atoms with Gasteiger partial charge in [0.1, 0.15) is 0 Å². The summed E-state index contributed by atoms with van der Waals surface area (Å²) in [4.78, 5) is 30.3. The van der Waals surface area contributed by atoms with Gasteiger partial charge in [0, 0.05) is 25.0 Å². The van der Waals surface area contributed by atoms with Gasteiger partial charge in [-0.25, -0.2) is 4.79 Å². The van der Waals surface area contributed by atoms with Crippen molar-refractivity contribution >= 4 is 23.3 Å². The second kappa shape index (κ2) is 7.79. The van der Waals surface area contributed by atoms with Gasteiger partial charge < -0.3 is 15.0 Å². The number of rotatable bonds is 4. The first-order valence-electron chi connectivity index (χ1n) is 8.37. The normalized spacial score (nSPS) is 14.0. The number of likely N-dealkylation sites (tertiary alicyclic amines) is 1. The molecule has 1 aliphatic rings. The molecule has 0 atom stereocenters. The number of aromatic nitrogens is 1. The highest BCUT2D eigenvalue weighted by molar-refractivity contribution is 5.95. The van der Waals surface area contributed by atoms with Gasteiger partial charge in [0.15, 0.2) is 0 Å². The van der Waals surface area contributed by atoms with Crippen LogP contribution in [0.25, 0.3) is 0 Å². The Morgan fingerprint density at radius 2 is 1.80 bits per heavy atom. The van der Waals surface area contributed by atoms with Crippen molar-refractivity contribution in [2.24, 2.45) is 0 Å². The maximum Gasteiger partial charge on any atom is 0.337 e. The lowest BCUT2D eigenvalue weighted by Crippen LogP contribution is -2.35. The minimum Gasteiger partial charge on any atom is -0.465 e. The van der Waals surface area contributed by atoms with Gasteiger partial charge in [0.25, 0.3) is 5.91 Å². The summed E-state index contributed by atoms with van der Waals surface area (Å²) < 4.78 is 4.73. The number of nitrogens with one attached hydrogen (secondary N) is 1. The topological polar surface area (TPSA) is 71.5 Å². The van der Waals surface area contributed by atoms with E-state index in [2.05, 4.69) is 10.3 Å². The first-order chi connectivity index (χ1) is 12.2.